The Morgan fingerprint density at radius 1 is 1.36 bits per heavy atom. The first-order valence-corrected chi connectivity index (χ1v) is 10.1. The van der Waals surface area contributed by atoms with E-state index in [1.54, 1.807) is 0 Å². The summed E-state index contributed by atoms with van der Waals surface area (Å²) >= 11 is 0. The van der Waals surface area contributed by atoms with Crippen LogP contribution in [0, 0.1) is 0 Å². The normalized spacial score (nSPS) is 17.6. The first-order chi connectivity index (χ1) is 11.9. The Morgan fingerprint density at radius 2 is 2.16 bits per heavy atom. The highest BCUT2D eigenvalue weighted by Gasteiger charge is 2.22. The quantitative estimate of drug-likeness (QED) is 0.547. The Balaban J connectivity index is 2.18. The number of carbonyl (C=O) groups is 1. The monoisotopic (exact) mass is 370 g/mol. The number of carboxylic acid groups (broad SMARTS) is 1. The molecule has 1 fully saturated rings. The van der Waals surface area contributed by atoms with Gasteiger partial charge < -0.3 is 15.2 Å². The van der Waals surface area contributed by atoms with Gasteiger partial charge in [-0.05, 0) is 37.5 Å². The number of unbranched alkanes of at least 4 members (excludes halogenated alkanes) is 2. The van der Waals surface area contributed by atoms with E-state index in [-0.39, 0.29) is 16.6 Å². The lowest BCUT2D eigenvalue weighted by Crippen LogP contribution is -2.27. The molecule has 0 aromatic heterocycles. The Hall–Kier alpha value is -1.64. The van der Waals surface area contributed by atoms with Crippen molar-refractivity contribution >= 4 is 21.7 Å². The molecule has 0 saturated carbocycles. The standard InChI is InChI=1S/C17H26N2O5S/c1-2-3-4-9-19-25(22,23)16-11-13(17(20)21)7-8-15(16)18-12-14-6-5-10-24-14/h7-8,11,14,18-19H,2-6,9-10,12H2,1H3,(H,20,21)/t14-/m0/s1. The predicted octanol–water partition coefficient (Wildman–Crippen LogP) is 2.44. The van der Waals surface area contributed by atoms with Gasteiger partial charge in [-0.15, -0.1) is 0 Å². The molecule has 0 amide bonds. The summed E-state index contributed by atoms with van der Waals surface area (Å²) in [6.45, 7) is 3.58. The molecule has 1 aromatic carbocycles. The molecular formula is C17H26N2O5S. The Labute approximate surface area is 148 Å². The topological polar surface area (TPSA) is 105 Å². The second-order valence-electron chi connectivity index (χ2n) is 6.14. The number of hydrogen-bond acceptors (Lipinski definition) is 5. The van der Waals surface area contributed by atoms with Crippen LogP contribution in [0.25, 0.3) is 0 Å². The van der Waals surface area contributed by atoms with Crippen LogP contribution in [0.3, 0.4) is 0 Å². The van der Waals surface area contributed by atoms with Crippen molar-refractivity contribution < 1.29 is 23.1 Å². The third-order valence-corrected chi connectivity index (χ3v) is 5.64. The van der Waals surface area contributed by atoms with Crippen LogP contribution in [-0.2, 0) is 14.8 Å². The molecule has 3 N–H and O–H groups in total. The molecule has 0 aliphatic carbocycles. The van der Waals surface area contributed by atoms with Crippen LogP contribution in [0.15, 0.2) is 23.1 Å². The summed E-state index contributed by atoms with van der Waals surface area (Å²) in [5.74, 6) is -1.16. The number of sulfonamides is 1. The number of nitrogens with one attached hydrogen (secondary N) is 2. The highest BCUT2D eigenvalue weighted by atomic mass is 32.2. The third kappa shape index (κ3) is 5.69. The number of hydrogen-bond donors (Lipinski definition) is 3. The molecule has 2 rings (SSSR count). The lowest BCUT2D eigenvalue weighted by atomic mass is 10.2. The van der Waals surface area contributed by atoms with Gasteiger partial charge in [0.1, 0.15) is 4.90 Å². The minimum atomic E-state index is -3.79. The summed E-state index contributed by atoms with van der Waals surface area (Å²) in [4.78, 5) is 11.2. The van der Waals surface area contributed by atoms with Gasteiger partial charge in [0.25, 0.3) is 0 Å². The molecule has 0 radical (unpaired) electrons. The largest absolute Gasteiger partial charge is 0.478 e. The molecule has 1 aliphatic rings. The van der Waals surface area contributed by atoms with Gasteiger partial charge in [-0.3, -0.25) is 0 Å². The van der Waals surface area contributed by atoms with Crippen LogP contribution >= 0.6 is 0 Å². The van der Waals surface area contributed by atoms with Crippen molar-refractivity contribution in [1.82, 2.24) is 4.72 Å². The average molecular weight is 370 g/mol. The van der Waals surface area contributed by atoms with Crippen LogP contribution in [-0.4, -0.2) is 45.3 Å². The Morgan fingerprint density at radius 3 is 2.80 bits per heavy atom. The van der Waals surface area contributed by atoms with E-state index in [0.29, 0.717) is 25.4 Å². The summed E-state index contributed by atoms with van der Waals surface area (Å²) in [5.41, 5.74) is 0.333. The van der Waals surface area contributed by atoms with E-state index in [4.69, 9.17) is 9.84 Å². The van der Waals surface area contributed by atoms with Crippen LogP contribution < -0.4 is 10.0 Å². The van der Waals surface area contributed by atoms with Crippen molar-refractivity contribution in [2.75, 3.05) is 25.0 Å². The zero-order valence-electron chi connectivity index (χ0n) is 14.5. The summed E-state index contributed by atoms with van der Waals surface area (Å²) in [5, 5.41) is 12.3. The lowest BCUT2D eigenvalue weighted by molar-refractivity contribution is 0.0696. The van der Waals surface area contributed by atoms with Gasteiger partial charge in [-0.2, -0.15) is 0 Å². The molecular weight excluding hydrogens is 344 g/mol. The zero-order valence-corrected chi connectivity index (χ0v) is 15.3. The smallest absolute Gasteiger partial charge is 0.335 e. The number of benzene rings is 1. The number of anilines is 1. The van der Waals surface area contributed by atoms with Gasteiger partial charge in [0.2, 0.25) is 10.0 Å². The van der Waals surface area contributed by atoms with Crippen LogP contribution in [0.2, 0.25) is 0 Å². The average Bonchev–Trinajstić information content (AvgIpc) is 3.10. The summed E-state index contributed by atoms with van der Waals surface area (Å²) < 4.78 is 33.3. The number of ether oxygens (including phenoxy) is 1. The first kappa shape index (κ1) is 19.7. The fourth-order valence-corrected chi connectivity index (χ4v) is 3.99. The molecule has 140 valence electrons. The second kappa shape index (κ2) is 9.17. The summed E-state index contributed by atoms with van der Waals surface area (Å²) in [6, 6.07) is 4.09. The first-order valence-electron chi connectivity index (χ1n) is 8.66. The van der Waals surface area contributed by atoms with Crippen LogP contribution in [0.4, 0.5) is 5.69 Å². The van der Waals surface area contributed by atoms with Gasteiger partial charge in [-0.25, -0.2) is 17.9 Å². The molecule has 25 heavy (non-hydrogen) atoms. The molecule has 1 heterocycles. The van der Waals surface area contributed by atoms with E-state index in [1.165, 1.54) is 18.2 Å². The molecule has 1 atom stereocenters. The summed E-state index contributed by atoms with van der Waals surface area (Å²) in [7, 11) is -3.79. The third-order valence-electron chi connectivity index (χ3n) is 4.13. The van der Waals surface area contributed by atoms with Crippen molar-refractivity contribution in [3.8, 4) is 0 Å². The van der Waals surface area contributed by atoms with Crippen molar-refractivity contribution in [1.29, 1.82) is 0 Å². The Kier molecular flexibility index (Phi) is 7.22. The molecule has 7 nitrogen and oxygen atoms in total. The summed E-state index contributed by atoms with van der Waals surface area (Å²) in [6.07, 6.45) is 4.64. The van der Waals surface area contributed by atoms with E-state index in [9.17, 15) is 13.2 Å². The number of rotatable bonds is 10. The molecule has 1 aromatic rings. The Bertz CT molecular complexity index is 684. The molecule has 0 bridgehead atoms. The second-order valence-corrected chi connectivity index (χ2v) is 7.87. The van der Waals surface area contributed by atoms with E-state index >= 15 is 0 Å². The highest BCUT2D eigenvalue weighted by molar-refractivity contribution is 7.89. The number of aromatic carboxylic acids is 1. The fraction of sp³-hybridized carbons (Fsp3) is 0.588. The molecule has 0 spiro atoms. The van der Waals surface area contributed by atoms with E-state index in [1.807, 2.05) is 6.92 Å². The zero-order chi connectivity index (χ0) is 18.3. The minimum absolute atomic E-state index is 0.0399. The SMILES string of the molecule is CCCCCNS(=O)(=O)c1cc(C(=O)O)ccc1NC[C@@H]1CCCO1. The maximum absolute atomic E-state index is 12.6. The van der Waals surface area contributed by atoms with E-state index < -0.39 is 16.0 Å². The minimum Gasteiger partial charge on any atom is -0.478 e. The van der Waals surface area contributed by atoms with Crippen molar-refractivity contribution in [2.24, 2.45) is 0 Å². The molecule has 1 saturated heterocycles. The van der Waals surface area contributed by atoms with Crippen molar-refractivity contribution in [3.05, 3.63) is 23.8 Å². The lowest BCUT2D eigenvalue weighted by Gasteiger charge is -2.16. The maximum Gasteiger partial charge on any atom is 0.335 e. The van der Waals surface area contributed by atoms with Gasteiger partial charge in [0, 0.05) is 19.7 Å². The van der Waals surface area contributed by atoms with Gasteiger partial charge >= 0.3 is 5.97 Å². The molecule has 0 unspecified atom stereocenters. The maximum atomic E-state index is 12.6. The molecule has 1 aliphatic heterocycles. The van der Waals surface area contributed by atoms with Crippen LogP contribution in [0.5, 0.6) is 0 Å². The van der Waals surface area contributed by atoms with Gasteiger partial charge in [0.15, 0.2) is 0 Å². The predicted molar refractivity (Wildman–Crippen MR) is 95.6 cm³/mol. The number of carboxylic acids is 1. The van der Waals surface area contributed by atoms with E-state index in [2.05, 4.69) is 10.0 Å². The van der Waals surface area contributed by atoms with Crippen molar-refractivity contribution in [2.45, 2.75) is 50.0 Å². The highest BCUT2D eigenvalue weighted by Crippen LogP contribution is 2.24. The van der Waals surface area contributed by atoms with Crippen LogP contribution in [0.1, 0.15) is 49.4 Å². The van der Waals surface area contributed by atoms with Gasteiger partial charge in [0.05, 0.1) is 17.4 Å². The van der Waals surface area contributed by atoms with E-state index in [0.717, 1.165) is 32.1 Å². The fourth-order valence-electron chi connectivity index (χ4n) is 2.71. The molecule has 8 heteroatoms. The van der Waals surface area contributed by atoms with Gasteiger partial charge in [-0.1, -0.05) is 19.8 Å². The van der Waals surface area contributed by atoms with Crippen molar-refractivity contribution in [3.63, 3.8) is 0 Å².